The Balaban J connectivity index is 0.000000642. The molecule has 0 saturated carbocycles. The van der Waals surface area contributed by atoms with E-state index in [1.807, 2.05) is 0 Å². The third kappa shape index (κ3) is 8.82. The van der Waals surface area contributed by atoms with E-state index in [-0.39, 0.29) is 27.9 Å². The van der Waals surface area contributed by atoms with Gasteiger partial charge in [-0.1, -0.05) is 36.4 Å². The number of hydrogen-bond donors (Lipinski definition) is 2. The van der Waals surface area contributed by atoms with Crippen LogP contribution >= 0.6 is 0 Å². The molecule has 0 unspecified atom stereocenters. The summed E-state index contributed by atoms with van der Waals surface area (Å²) in [4.78, 5) is 52.4. The van der Waals surface area contributed by atoms with Crippen LogP contribution in [0.3, 0.4) is 0 Å². The summed E-state index contributed by atoms with van der Waals surface area (Å²) in [6.07, 6.45) is 0. The number of aromatic carboxylic acids is 2. The summed E-state index contributed by atoms with van der Waals surface area (Å²) in [7, 11) is 4.35. The van der Waals surface area contributed by atoms with Crippen molar-refractivity contribution in [3.05, 3.63) is 83.2 Å². The Kier molecular flexibility index (Phi) is 15.2. The molecule has 2 heterocycles. The summed E-state index contributed by atoms with van der Waals surface area (Å²) >= 11 is 0. The Morgan fingerprint density at radius 1 is 0.641 bits per heavy atom. The minimum absolute atomic E-state index is 0. The number of benzene rings is 2. The third-order valence-corrected chi connectivity index (χ3v) is 4.65. The van der Waals surface area contributed by atoms with Crippen LogP contribution < -0.4 is 10.2 Å². The van der Waals surface area contributed by atoms with E-state index in [1.54, 1.807) is 48.5 Å². The van der Waals surface area contributed by atoms with E-state index in [0.29, 0.717) is 21.8 Å². The van der Waals surface area contributed by atoms with Crippen LogP contribution in [-0.2, 0) is 26.3 Å². The molecular weight excluding hydrogens is 559 g/mol. The first-order valence-electron chi connectivity index (χ1n) is 10.5. The molecule has 39 heavy (non-hydrogen) atoms. The van der Waals surface area contributed by atoms with E-state index in [0.717, 1.165) is 14.2 Å². The number of esters is 2. The van der Waals surface area contributed by atoms with Crippen molar-refractivity contribution < 1.29 is 65.9 Å². The number of methoxy groups -OCH3 is 2. The molecular formula is C26H24CoN2O10. The zero-order chi connectivity index (χ0) is 28.8. The SMILES string of the molecule is CO.CO.COC(=O)c1cc2ccccc2nc1C(=O)[O-].COC(=O)c1cc2ccccc2nc1C(=O)[O-].[Co+2]. The molecule has 0 aliphatic carbocycles. The molecule has 0 saturated heterocycles. The van der Waals surface area contributed by atoms with Crippen molar-refractivity contribution in [1.29, 1.82) is 0 Å². The van der Waals surface area contributed by atoms with E-state index in [2.05, 4.69) is 19.4 Å². The maximum atomic E-state index is 11.4. The second-order valence-corrected chi connectivity index (χ2v) is 6.71. The van der Waals surface area contributed by atoms with E-state index in [1.165, 1.54) is 26.4 Å². The molecule has 0 fully saturated rings. The Bertz CT molecular complexity index is 1330. The quantitative estimate of drug-likeness (QED) is 0.305. The number of pyridine rings is 2. The predicted octanol–water partition coefficient (Wildman–Crippen LogP) is -0.0157. The molecule has 0 atom stereocenters. The van der Waals surface area contributed by atoms with E-state index in [9.17, 15) is 29.4 Å². The average molecular weight is 583 g/mol. The number of aliphatic hydroxyl groups is 2. The second-order valence-electron chi connectivity index (χ2n) is 6.71. The number of carbonyl (C=O) groups is 4. The van der Waals surface area contributed by atoms with Gasteiger partial charge < -0.3 is 39.5 Å². The first-order chi connectivity index (χ1) is 18.3. The maximum Gasteiger partial charge on any atom is 2.00 e. The number of carbonyl (C=O) groups excluding carboxylic acids is 4. The number of ether oxygens (including phenoxy) is 2. The first-order valence-corrected chi connectivity index (χ1v) is 10.5. The van der Waals surface area contributed by atoms with E-state index >= 15 is 0 Å². The van der Waals surface area contributed by atoms with Crippen LogP contribution in [0.25, 0.3) is 21.8 Å². The summed E-state index contributed by atoms with van der Waals surface area (Å²) in [5.74, 6) is -4.50. The van der Waals surface area contributed by atoms with Crippen molar-refractivity contribution in [3.8, 4) is 0 Å². The fourth-order valence-corrected chi connectivity index (χ4v) is 3.07. The Morgan fingerprint density at radius 2 is 0.949 bits per heavy atom. The van der Waals surface area contributed by atoms with E-state index in [4.69, 9.17) is 10.2 Å². The molecule has 0 amide bonds. The van der Waals surface area contributed by atoms with Crippen LogP contribution in [0.15, 0.2) is 60.7 Å². The molecule has 2 aromatic carbocycles. The van der Waals surface area contributed by atoms with Gasteiger partial charge in [0.05, 0.1) is 48.3 Å². The van der Waals surface area contributed by atoms with Crippen molar-refractivity contribution in [2.24, 2.45) is 0 Å². The van der Waals surface area contributed by atoms with Crippen LogP contribution in [0.5, 0.6) is 0 Å². The molecule has 207 valence electrons. The molecule has 0 aliphatic heterocycles. The summed E-state index contributed by atoms with van der Waals surface area (Å²) in [6.45, 7) is 0. The van der Waals surface area contributed by atoms with Crippen LogP contribution in [0.2, 0.25) is 0 Å². The van der Waals surface area contributed by atoms with Crippen molar-refractivity contribution in [2.75, 3.05) is 28.4 Å². The molecule has 4 rings (SSSR count). The Labute approximate surface area is 233 Å². The zero-order valence-corrected chi connectivity index (χ0v) is 22.2. The number of para-hydroxylation sites is 2. The number of aliphatic hydroxyl groups excluding tert-OH is 2. The number of fused-ring (bicyclic) bond motifs is 2. The normalized spacial score (nSPS) is 9.18. The van der Waals surface area contributed by atoms with Gasteiger partial charge in [-0.25, -0.2) is 19.6 Å². The van der Waals surface area contributed by atoms with Gasteiger partial charge in [0.25, 0.3) is 0 Å². The van der Waals surface area contributed by atoms with Crippen LogP contribution in [0, 0.1) is 0 Å². The van der Waals surface area contributed by atoms with Gasteiger partial charge in [0.15, 0.2) is 0 Å². The van der Waals surface area contributed by atoms with Gasteiger partial charge in [0.2, 0.25) is 0 Å². The minimum atomic E-state index is -1.50. The molecule has 13 heteroatoms. The number of rotatable bonds is 4. The van der Waals surface area contributed by atoms with Gasteiger partial charge in [0, 0.05) is 25.0 Å². The number of carboxylic acids is 2. The molecule has 0 bridgehead atoms. The summed E-state index contributed by atoms with van der Waals surface area (Å²) in [5, 5.41) is 37.1. The largest absolute Gasteiger partial charge is 2.00 e. The van der Waals surface area contributed by atoms with Crippen LogP contribution in [0.1, 0.15) is 41.7 Å². The second kappa shape index (κ2) is 17.1. The summed E-state index contributed by atoms with van der Waals surface area (Å²) in [5.41, 5.74) is -0.0535. The maximum absolute atomic E-state index is 11.4. The fourth-order valence-electron chi connectivity index (χ4n) is 3.07. The van der Waals surface area contributed by atoms with Crippen LogP contribution in [-0.4, -0.2) is 72.5 Å². The third-order valence-electron chi connectivity index (χ3n) is 4.65. The fraction of sp³-hybridized carbons (Fsp3) is 0.154. The van der Waals surface area contributed by atoms with Crippen molar-refractivity contribution in [2.45, 2.75) is 0 Å². The standard InChI is InChI=1S/2C12H9NO4.2CH4O.Co/c2*1-17-12(16)8-6-7-4-2-3-5-9(7)13-10(8)11(14)15;2*1-2;/h2*2-6H,1H3,(H,14,15);2*2H,1H3;/q;;;;+2/p-2. The number of nitrogens with zero attached hydrogens (tertiary/aromatic N) is 2. The Morgan fingerprint density at radius 3 is 1.23 bits per heavy atom. The van der Waals surface area contributed by atoms with Crippen molar-refractivity contribution in [1.82, 2.24) is 9.97 Å². The van der Waals surface area contributed by atoms with E-state index < -0.39 is 35.3 Å². The molecule has 0 aliphatic rings. The molecule has 2 aromatic heterocycles. The summed E-state index contributed by atoms with van der Waals surface area (Å²) in [6, 6.07) is 16.6. The van der Waals surface area contributed by atoms with Crippen molar-refractivity contribution in [3.63, 3.8) is 0 Å². The molecule has 2 N–H and O–H groups in total. The van der Waals surface area contributed by atoms with Gasteiger partial charge in [-0.05, 0) is 24.3 Å². The van der Waals surface area contributed by atoms with Gasteiger partial charge in [-0.2, -0.15) is 0 Å². The first kappa shape index (κ1) is 34.6. The molecule has 0 spiro atoms. The van der Waals surface area contributed by atoms with Gasteiger partial charge in [-0.15, -0.1) is 0 Å². The molecule has 4 aromatic rings. The van der Waals surface area contributed by atoms with Gasteiger partial charge >= 0.3 is 28.7 Å². The van der Waals surface area contributed by atoms with Gasteiger partial charge in [-0.3, -0.25) is 0 Å². The average Bonchev–Trinajstić information content (AvgIpc) is 2.97. The number of carboxylic acid groups (broad SMARTS) is 2. The van der Waals surface area contributed by atoms with Crippen LogP contribution in [0.4, 0.5) is 0 Å². The van der Waals surface area contributed by atoms with Gasteiger partial charge in [0.1, 0.15) is 11.4 Å². The molecule has 1 radical (unpaired) electrons. The minimum Gasteiger partial charge on any atom is -0.543 e. The summed E-state index contributed by atoms with van der Waals surface area (Å²) < 4.78 is 9.01. The van der Waals surface area contributed by atoms with Crippen molar-refractivity contribution >= 4 is 45.7 Å². The monoisotopic (exact) mass is 583 g/mol. The topological polar surface area (TPSA) is 199 Å². The predicted molar refractivity (Wildman–Crippen MR) is 131 cm³/mol. The number of aromatic nitrogens is 2. The smallest absolute Gasteiger partial charge is 0.543 e. The number of hydrogen-bond acceptors (Lipinski definition) is 12. The zero-order valence-electron chi connectivity index (χ0n) is 21.2. The molecule has 12 nitrogen and oxygen atoms in total. The Hall–Kier alpha value is -4.43.